The van der Waals surface area contributed by atoms with E-state index in [1.54, 1.807) is 0 Å². The second kappa shape index (κ2) is 12.8. The van der Waals surface area contributed by atoms with Crippen LogP contribution >= 0.6 is 0 Å². The summed E-state index contributed by atoms with van der Waals surface area (Å²) in [7, 11) is 0. The van der Waals surface area contributed by atoms with Crippen molar-refractivity contribution in [2.24, 2.45) is 40.9 Å². The van der Waals surface area contributed by atoms with Crippen LogP contribution in [0.15, 0.2) is 0 Å². The molecule has 7 atom stereocenters. The van der Waals surface area contributed by atoms with Crippen LogP contribution in [-0.4, -0.2) is 24.6 Å². The summed E-state index contributed by atoms with van der Waals surface area (Å²) in [5, 5.41) is 0. The average molecular weight is 477 g/mol. The summed E-state index contributed by atoms with van der Waals surface area (Å²) in [6, 6.07) is 0. The van der Waals surface area contributed by atoms with Gasteiger partial charge in [-0.1, -0.05) is 79.6 Å². The van der Waals surface area contributed by atoms with Gasteiger partial charge in [-0.3, -0.25) is 9.59 Å². The third-order valence-electron chi connectivity index (χ3n) is 9.11. The summed E-state index contributed by atoms with van der Waals surface area (Å²) in [5.74, 6) is 2.46. The molecule has 1 aliphatic heterocycles. The van der Waals surface area contributed by atoms with E-state index in [0.717, 1.165) is 32.1 Å². The molecule has 0 aromatic heterocycles. The zero-order valence-corrected chi connectivity index (χ0v) is 22.8. The van der Waals surface area contributed by atoms with Gasteiger partial charge in [0, 0.05) is 18.3 Å². The first-order valence-corrected chi connectivity index (χ1v) is 14.6. The average Bonchev–Trinajstić information content (AvgIpc) is 3.11. The summed E-state index contributed by atoms with van der Waals surface area (Å²) in [4.78, 5) is 25.6. The molecule has 0 N–H and O–H groups in total. The lowest BCUT2D eigenvalue weighted by Crippen LogP contribution is -2.44. The molecule has 3 fully saturated rings. The summed E-state index contributed by atoms with van der Waals surface area (Å²) in [6.07, 6.45) is 15.6. The first-order valence-electron chi connectivity index (χ1n) is 14.6. The standard InChI is InChI=1S/C30H52O4/c1-6-7-8-9-10-11-17-33-26(31)16-15-22-19-24-27(23-14-12-13-21(2)18-23)29(32)34-28(24)25(20-22)30(3,4)5/h21-25,27-28H,6-20H2,1-5H3. The maximum atomic E-state index is 13.1. The fraction of sp³-hybridized carbons (Fsp3) is 0.933. The molecule has 2 aliphatic carbocycles. The summed E-state index contributed by atoms with van der Waals surface area (Å²) in [6.45, 7) is 12.0. The highest BCUT2D eigenvalue weighted by Crippen LogP contribution is 2.54. The molecular formula is C30H52O4. The molecule has 34 heavy (non-hydrogen) atoms. The van der Waals surface area contributed by atoms with E-state index < -0.39 is 0 Å². The van der Waals surface area contributed by atoms with Crippen molar-refractivity contribution >= 4 is 11.9 Å². The molecule has 0 aromatic rings. The van der Waals surface area contributed by atoms with Crippen LogP contribution in [0.5, 0.6) is 0 Å². The highest BCUT2D eigenvalue weighted by Gasteiger charge is 2.56. The van der Waals surface area contributed by atoms with Gasteiger partial charge in [-0.2, -0.15) is 0 Å². The van der Waals surface area contributed by atoms with Crippen molar-refractivity contribution in [3.05, 3.63) is 0 Å². The highest BCUT2D eigenvalue weighted by molar-refractivity contribution is 5.76. The third-order valence-corrected chi connectivity index (χ3v) is 9.11. The normalized spacial score (nSPS) is 33.9. The quantitative estimate of drug-likeness (QED) is 0.226. The van der Waals surface area contributed by atoms with Gasteiger partial charge in [-0.05, 0) is 61.7 Å². The molecule has 4 heteroatoms. The van der Waals surface area contributed by atoms with Crippen molar-refractivity contribution < 1.29 is 19.1 Å². The number of hydrogen-bond donors (Lipinski definition) is 0. The van der Waals surface area contributed by atoms with E-state index in [1.165, 1.54) is 51.4 Å². The second-order valence-electron chi connectivity index (χ2n) is 13.0. The predicted molar refractivity (Wildman–Crippen MR) is 137 cm³/mol. The van der Waals surface area contributed by atoms with Gasteiger partial charge >= 0.3 is 11.9 Å². The van der Waals surface area contributed by atoms with Crippen LogP contribution in [0, 0.1) is 40.9 Å². The molecule has 0 spiro atoms. The molecule has 1 heterocycles. The maximum Gasteiger partial charge on any atom is 0.309 e. The molecule has 0 bridgehead atoms. The number of hydrogen-bond acceptors (Lipinski definition) is 4. The molecule has 196 valence electrons. The molecule has 0 aromatic carbocycles. The number of unbranched alkanes of at least 4 members (excludes halogenated alkanes) is 5. The Hall–Kier alpha value is -1.06. The van der Waals surface area contributed by atoms with Crippen LogP contribution in [0.3, 0.4) is 0 Å². The molecular weight excluding hydrogens is 424 g/mol. The minimum Gasteiger partial charge on any atom is -0.466 e. The van der Waals surface area contributed by atoms with Gasteiger partial charge in [0.2, 0.25) is 0 Å². The molecule has 1 saturated heterocycles. The van der Waals surface area contributed by atoms with Crippen LogP contribution in [-0.2, 0) is 19.1 Å². The van der Waals surface area contributed by atoms with E-state index in [-0.39, 0.29) is 29.4 Å². The van der Waals surface area contributed by atoms with Crippen molar-refractivity contribution in [2.75, 3.05) is 6.61 Å². The Morgan fingerprint density at radius 3 is 2.47 bits per heavy atom. The van der Waals surface area contributed by atoms with E-state index in [1.807, 2.05) is 0 Å². The first kappa shape index (κ1) is 27.5. The van der Waals surface area contributed by atoms with Crippen LogP contribution in [0.25, 0.3) is 0 Å². The topological polar surface area (TPSA) is 52.6 Å². The Morgan fingerprint density at radius 1 is 1.03 bits per heavy atom. The lowest BCUT2D eigenvalue weighted by molar-refractivity contribution is -0.149. The Balaban J connectivity index is 1.53. The van der Waals surface area contributed by atoms with Crippen molar-refractivity contribution in [3.63, 3.8) is 0 Å². The van der Waals surface area contributed by atoms with Crippen molar-refractivity contribution in [2.45, 2.75) is 131 Å². The summed E-state index contributed by atoms with van der Waals surface area (Å²) >= 11 is 0. The van der Waals surface area contributed by atoms with Gasteiger partial charge in [0.05, 0.1) is 12.5 Å². The Labute approximate surface area is 209 Å². The molecule has 0 amide bonds. The lowest BCUT2D eigenvalue weighted by atomic mass is 9.59. The lowest BCUT2D eigenvalue weighted by Gasteiger charge is -2.45. The fourth-order valence-electron chi connectivity index (χ4n) is 7.21. The van der Waals surface area contributed by atoms with Gasteiger partial charge in [-0.25, -0.2) is 0 Å². The van der Waals surface area contributed by atoms with Gasteiger partial charge in [0.25, 0.3) is 0 Å². The van der Waals surface area contributed by atoms with E-state index in [4.69, 9.17) is 9.47 Å². The smallest absolute Gasteiger partial charge is 0.309 e. The fourth-order valence-corrected chi connectivity index (χ4v) is 7.21. The number of fused-ring (bicyclic) bond motifs is 1. The molecule has 3 aliphatic rings. The van der Waals surface area contributed by atoms with E-state index in [0.29, 0.717) is 42.6 Å². The zero-order valence-electron chi connectivity index (χ0n) is 22.8. The zero-order chi connectivity index (χ0) is 24.7. The number of carbonyl (C=O) groups is 2. The highest BCUT2D eigenvalue weighted by atomic mass is 16.6. The van der Waals surface area contributed by atoms with E-state index >= 15 is 0 Å². The van der Waals surface area contributed by atoms with Crippen LogP contribution < -0.4 is 0 Å². The Bertz CT molecular complexity index is 651. The molecule has 7 unspecified atom stereocenters. The largest absolute Gasteiger partial charge is 0.466 e. The second-order valence-corrected chi connectivity index (χ2v) is 13.0. The van der Waals surface area contributed by atoms with Gasteiger partial charge in [0.1, 0.15) is 6.10 Å². The Morgan fingerprint density at radius 2 is 1.76 bits per heavy atom. The molecule has 0 radical (unpaired) electrons. The van der Waals surface area contributed by atoms with Crippen molar-refractivity contribution in [1.29, 1.82) is 0 Å². The van der Waals surface area contributed by atoms with Crippen LogP contribution in [0.4, 0.5) is 0 Å². The van der Waals surface area contributed by atoms with E-state index in [9.17, 15) is 9.59 Å². The van der Waals surface area contributed by atoms with Crippen molar-refractivity contribution in [1.82, 2.24) is 0 Å². The third kappa shape index (κ3) is 7.47. The number of carbonyl (C=O) groups excluding carboxylic acids is 2. The minimum absolute atomic E-state index is 0.0422. The van der Waals surface area contributed by atoms with Crippen LogP contribution in [0.1, 0.15) is 125 Å². The number of rotatable bonds is 11. The summed E-state index contributed by atoms with van der Waals surface area (Å²) in [5.41, 5.74) is 0.0922. The van der Waals surface area contributed by atoms with Gasteiger partial charge < -0.3 is 9.47 Å². The predicted octanol–water partition coefficient (Wildman–Crippen LogP) is 7.73. The SMILES string of the molecule is CCCCCCCCOC(=O)CCC1CC2C(OC(=O)C2C2CCCC(C)C2)C(C(C)(C)C)C1. The molecule has 2 saturated carbocycles. The molecule has 3 rings (SSSR count). The first-order chi connectivity index (χ1) is 16.2. The number of ether oxygens (including phenoxy) is 2. The number of esters is 2. The maximum absolute atomic E-state index is 13.1. The monoisotopic (exact) mass is 476 g/mol. The van der Waals surface area contributed by atoms with Crippen molar-refractivity contribution in [3.8, 4) is 0 Å². The summed E-state index contributed by atoms with van der Waals surface area (Å²) < 4.78 is 11.7. The van der Waals surface area contributed by atoms with Gasteiger partial charge in [0.15, 0.2) is 0 Å². The Kier molecular flexibility index (Phi) is 10.3. The van der Waals surface area contributed by atoms with Gasteiger partial charge in [-0.15, -0.1) is 0 Å². The van der Waals surface area contributed by atoms with E-state index in [2.05, 4.69) is 34.6 Å². The minimum atomic E-state index is -0.0422. The molecule has 4 nitrogen and oxygen atoms in total. The van der Waals surface area contributed by atoms with Crippen LogP contribution in [0.2, 0.25) is 0 Å².